The first-order valence-electron chi connectivity index (χ1n) is 5.96. The molecule has 2 aliphatic rings. The maximum absolute atomic E-state index is 11.6. The zero-order valence-electron chi connectivity index (χ0n) is 11.6. The Morgan fingerprint density at radius 1 is 1.50 bits per heavy atom. The molecule has 0 aliphatic carbocycles. The average molecular weight is 364 g/mol. The molecule has 2 aliphatic heterocycles. The summed E-state index contributed by atoms with van der Waals surface area (Å²) in [5.41, 5.74) is 0. The van der Waals surface area contributed by atoms with Gasteiger partial charge in [-0.1, -0.05) is 0 Å². The predicted molar refractivity (Wildman–Crippen MR) is 62.8 cm³/mol. The molecule has 120 valence electrons. The van der Waals surface area contributed by atoms with E-state index >= 15 is 0 Å². The zero-order valence-corrected chi connectivity index (χ0v) is 15.6. The number of ether oxygens (including phenoxy) is 1. The molecular formula is C9H14KN2O9P. The second-order valence-corrected chi connectivity index (χ2v) is 5.72. The summed E-state index contributed by atoms with van der Waals surface area (Å²) in [7, 11) is -4.93. The Morgan fingerprint density at radius 3 is 2.64 bits per heavy atom. The number of phosphoric acid groups is 1. The van der Waals surface area contributed by atoms with E-state index in [1.165, 1.54) is 0 Å². The number of amides is 2. The Bertz CT molecular complexity index is 497. The Labute approximate surface area is 167 Å². The fourth-order valence-electron chi connectivity index (χ4n) is 2.19. The summed E-state index contributed by atoms with van der Waals surface area (Å²) in [5.74, 6) is -0.606. The summed E-state index contributed by atoms with van der Waals surface area (Å²) in [5, 5.41) is 30.2. The van der Waals surface area contributed by atoms with Crippen LogP contribution in [0.4, 0.5) is 4.79 Å². The van der Waals surface area contributed by atoms with Gasteiger partial charge in [0.15, 0.2) is 6.23 Å². The van der Waals surface area contributed by atoms with Crippen LogP contribution in [-0.4, -0.2) is 74.5 Å². The second kappa shape index (κ2) is 8.10. The van der Waals surface area contributed by atoms with Gasteiger partial charge in [-0.25, -0.2) is 14.4 Å². The van der Waals surface area contributed by atoms with Crippen molar-refractivity contribution in [3.8, 4) is 0 Å². The van der Waals surface area contributed by atoms with Crippen molar-refractivity contribution < 1.29 is 95.1 Å². The molecule has 1 fully saturated rings. The van der Waals surface area contributed by atoms with E-state index in [4.69, 9.17) is 19.6 Å². The molecule has 4 N–H and O–H groups in total. The van der Waals surface area contributed by atoms with Crippen molar-refractivity contribution >= 4 is 19.8 Å². The van der Waals surface area contributed by atoms with Crippen LogP contribution in [0, 0.1) is 0 Å². The summed E-state index contributed by atoms with van der Waals surface area (Å²) in [6, 6.07) is -0.927. The number of aliphatic hydroxyl groups excluding tert-OH is 2. The van der Waals surface area contributed by atoms with Crippen LogP contribution in [-0.2, 0) is 13.8 Å². The largest absolute Gasteiger partial charge is 1.00 e. The number of carbonyl (C=O) groups is 1. The van der Waals surface area contributed by atoms with Gasteiger partial charge in [0.25, 0.3) is 0 Å². The molecule has 4 atom stereocenters. The smallest absolute Gasteiger partial charge is 0.862 e. The summed E-state index contributed by atoms with van der Waals surface area (Å²) in [6.45, 7) is -0.750. The monoisotopic (exact) mass is 364 g/mol. The minimum atomic E-state index is -4.93. The van der Waals surface area contributed by atoms with Crippen molar-refractivity contribution in [2.75, 3.05) is 13.2 Å². The van der Waals surface area contributed by atoms with Gasteiger partial charge in [0.05, 0.1) is 6.61 Å². The standard InChI is InChI=1S/C9H15N2O9P.K/c12-3-4-7(20-21(16,17)18)6(14)8(19-4)11-2-1-5(13)10-9(11)15;/h4,6-8,12,14H,1-3H2,(H,10,13,15)(H2,16,17,18);/q;+1/p-1/t4-,6-,7-,8-;/m1./s1. The average Bonchev–Trinajstić information content (AvgIpc) is 2.65. The summed E-state index contributed by atoms with van der Waals surface area (Å²) < 4.78 is 20.4. The molecule has 0 aromatic rings. The van der Waals surface area contributed by atoms with Crippen molar-refractivity contribution in [3.63, 3.8) is 0 Å². The summed E-state index contributed by atoms with van der Waals surface area (Å²) in [4.78, 5) is 33.3. The Morgan fingerprint density at radius 2 is 2.14 bits per heavy atom. The molecule has 2 rings (SSSR count). The van der Waals surface area contributed by atoms with E-state index in [1.807, 2.05) is 0 Å². The Kier molecular flexibility index (Phi) is 7.58. The molecule has 0 unspecified atom stereocenters. The number of phosphoric ester groups is 1. The van der Waals surface area contributed by atoms with E-state index in [-0.39, 0.29) is 64.4 Å². The first-order valence-corrected chi connectivity index (χ1v) is 7.49. The molecule has 1 saturated heterocycles. The third-order valence-electron chi connectivity index (χ3n) is 3.09. The van der Waals surface area contributed by atoms with Gasteiger partial charge in [0.1, 0.15) is 18.3 Å². The van der Waals surface area contributed by atoms with Gasteiger partial charge < -0.3 is 29.8 Å². The molecule has 11 nitrogen and oxygen atoms in total. The maximum atomic E-state index is 11.6. The van der Waals surface area contributed by atoms with Crippen molar-refractivity contribution in [3.05, 3.63) is 0 Å². The zero-order chi connectivity index (χ0) is 15.8. The molecule has 22 heavy (non-hydrogen) atoms. The topological polar surface area (TPSA) is 172 Å². The van der Waals surface area contributed by atoms with E-state index in [0.717, 1.165) is 4.90 Å². The number of hydrogen-bond donors (Lipinski definition) is 4. The van der Waals surface area contributed by atoms with Gasteiger partial charge >= 0.3 is 65.2 Å². The molecule has 0 aromatic heterocycles. The minimum Gasteiger partial charge on any atom is -0.862 e. The number of urea groups is 1. The summed E-state index contributed by atoms with van der Waals surface area (Å²) >= 11 is 0. The molecule has 2 heterocycles. The van der Waals surface area contributed by atoms with Gasteiger partial charge in [0, 0.05) is 6.54 Å². The molecular weight excluding hydrogens is 350 g/mol. The first kappa shape index (κ1) is 20.6. The van der Waals surface area contributed by atoms with Crippen LogP contribution in [0.2, 0.25) is 0 Å². The van der Waals surface area contributed by atoms with E-state index in [1.54, 1.807) is 0 Å². The fraction of sp³-hybridized carbons (Fsp3) is 0.778. The van der Waals surface area contributed by atoms with Crippen molar-refractivity contribution in [1.82, 2.24) is 4.90 Å². The molecule has 0 aromatic carbocycles. The number of nitrogens with zero attached hydrogens (tertiary/aromatic N) is 2. The number of carbonyl (C=O) groups excluding carboxylic acids is 1. The van der Waals surface area contributed by atoms with E-state index in [0.29, 0.717) is 0 Å². The quantitative estimate of drug-likeness (QED) is 0.280. The van der Waals surface area contributed by atoms with Crippen LogP contribution in [0.15, 0.2) is 4.99 Å². The number of aliphatic imine (C=N–C) groups is 1. The van der Waals surface area contributed by atoms with Gasteiger partial charge in [-0.15, -0.1) is 0 Å². The summed E-state index contributed by atoms with van der Waals surface area (Å²) in [6.07, 6.45) is -5.74. The predicted octanol–water partition coefficient (Wildman–Crippen LogP) is -5.87. The van der Waals surface area contributed by atoms with Crippen LogP contribution in [0.25, 0.3) is 0 Å². The van der Waals surface area contributed by atoms with Gasteiger partial charge in [-0.3, -0.25) is 9.42 Å². The third kappa shape index (κ3) is 4.78. The number of hydrogen-bond acceptors (Lipinski definition) is 7. The second-order valence-electron chi connectivity index (χ2n) is 4.53. The van der Waals surface area contributed by atoms with Gasteiger partial charge in [-0.05, 0) is 12.3 Å². The van der Waals surface area contributed by atoms with Crippen molar-refractivity contribution in [2.45, 2.75) is 31.0 Å². The fourth-order valence-corrected chi connectivity index (χ4v) is 2.76. The van der Waals surface area contributed by atoms with Gasteiger partial charge in [0.2, 0.25) is 0 Å². The van der Waals surface area contributed by atoms with E-state index in [9.17, 15) is 19.6 Å². The SMILES string of the molecule is O=C1N=C([O-])CCN1[C@@H]1O[C@H](CO)[C@@H](OP(=O)(O)O)[C@H]1O.[K+]. The van der Waals surface area contributed by atoms with Crippen molar-refractivity contribution in [2.24, 2.45) is 4.99 Å². The van der Waals surface area contributed by atoms with Crippen LogP contribution >= 0.6 is 7.82 Å². The third-order valence-corrected chi connectivity index (χ3v) is 3.61. The molecule has 2 amide bonds. The van der Waals surface area contributed by atoms with Crippen LogP contribution in [0.1, 0.15) is 6.42 Å². The number of aliphatic hydroxyl groups is 2. The van der Waals surface area contributed by atoms with Gasteiger partial charge in [-0.2, -0.15) is 0 Å². The van der Waals surface area contributed by atoms with Crippen LogP contribution in [0.5, 0.6) is 0 Å². The Hall–Kier alpha value is 0.566. The maximum Gasteiger partial charge on any atom is 1.00 e. The molecule has 0 saturated carbocycles. The minimum absolute atomic E-state index is 0. The van der Waals surface area contributed by atoms with Crippen LogP contribution in [0.3, 0.4) is 0 Å². The van der Waals surface area contributed by atoms with E-state index < -0.39 is 50.9 Å². The molecule has 0 radical (unpaired) electrons. The first-order chi connectivity index (χ1) is 9.73. The number of rotatable bonds is 4. The van der Waals surface area contributed by atoms with Crippen molar-refractivity contribution in [1.29, 1.82) is 0 Å². The molecule has 0 spiro atoms. The Balaban J connectivity index is 0.00000242. The van der Waals surface area contributed by atoms with Crippen LogP contribution < -0.4 is 56.5 Å². The normalized spacial score (nSPS) is 32.6. The molecule has 0 bridgehead atoms. The molecule has 13 heteroatoms. The van der Waals surface area contributed by atoms with E-state index in [2.05, 4.69) is 9.52 Å².